The molecule has 1 spiro atoms. The first-order chi connectivity index (χ1) is 21.7. The van der Waals surface area contributed by atoms with E-state index >= 15 is 0 Å². The third kappa shape index (κ3) is 7.44. The summed E-state index contributed by atoms with van der Waals surface area (Å²) in [5.74, 6) is 1.39. The Balaban J connectivity index is 1.20. The summed E-state index contributed by atoms with van der Waals surface area (Å²) in [4.78, 5) is 43.2. The predicted octanol–water partition coefficient (Wildman–Crippen LogP) is 4.85. The average molecular weight is 621 g/mol. The topological polar surface area (TPSA) is 120 Å². The first-order valence-electron chi connectivity index (χ1n) is 16.5. The highest BCUT2D eigenvalue weighted by Crippen LogP contribution is 2.37. The van der Waals surface area contributed by atoms with E-state index in [2.05, 4.69) is 22.5 Å². The van der Waals surface area contributed by atoms with Gasteiger partial charge in [0.15, 0.2) is 11.5 Å². The number of amides is 3. The Labute approximate surface area is 266 Å². The van der Waals surface area contributed by atoms with E-state index < -0.39 is 17.7 Å². The third-order valence-electron chi connectivity index (χ3n) is 9.69. The fourth-order valence-corrected chi connectivity index (χ4v) is 7.12. The Bertz CT molecular complexity index is 1330. The Morgan fingerprint density at radius 2 is 1.78 bits per heavy atom. The van der Waals surface area contributed by atoms with Gasteiger partial charge in [0.2, 0.25) is 17.7 Å². The summed E-state index contributed by atoms with van der Waals surface area (Å²) >= 11 is 0. The number of piperidine rings is 1. The standard InChI is InChI=1S/C35H48N4O6/c1-4-5-19-39-33(42)31(32(41)26-9-7-6-8-10-26)37-34(43)35(39)17-20-38(21-18-35)23-25-11-14-28(15-12-25)45-29-16-13-27(36-24(2)40)22-30(29)44-3/h11-16,22,26,31-32,41H,4-10,17-21,23H2,1-3H3,(H,36,40)(H,37,43)/t31-,32?/m1/s1. The zero-order chi connectivity index (χ0) is 32.0. The van der Waals surface area contributed by atoms with Gasteiger partial charge in [0.1, 0.15) is 17.3 Å². The van der Waals surface area contributed by atoms with E-state index in [4.69, 9.17) is 9.47 Å². The van der Waals surface area contributed by atoms with Crippen LogP contribution in [0.1, 0.15) is 77.2 Å². The van der Waals surface area contributed by atoms with Crippen LogP contribution >= 0.6 is 0 Å². The molecule has 0 aromatic heterocycles. The fraction of sp³-hybridized carbons (Fsp3) is 0.571. The Morgan fingerprint density at radius 3 is 2.42 bits per heavy atom. The van der Waals surface area contributed by atoms with Gasteiger partial charge in [-0.15, -0.1) is 0 Å². The number of aliphatic hydroxyl groups excluding tert-OH is 1. The Morgan fingerprint density at radius 1 is 1.07 bits per heavy atom. The van der Waals surface area contributed by atoms with Crippen LogP contribution in [0.4, 0.5) is 5.69 Å². The van der Waals surface area contributed by atoms with Crippen LogP contribution in [0.2, 0.25) is 0 Å². The zero-order valence-corrected chi connectivity index (χ0v) is 26.8. The van der Waals surface area contributed by atoms with Crippen molar-refractivity contribution in [2.24, 2.45) is 5.92 Å². The molecule has 1 saturated carbocycles. The maximum Gasteiger partial charge on any atom is 0.248 e. The van der Waals surface area contributed by atoms with Crippen molar-refractivity contribution in [3.05, 3.63) is 48.0 Å². The van der Waals surface area contributed by atoms with Gasteiger partial charge in [-0.2, -0.15) is 0 Å². The monoisotopic (exact) mass is 620 g/mol. The lowest BCUT2D eigenvalue weighted by Gasteiger charge is -2.52. The van der Waals surface area contributed by atoms with E-state index in [1.165, 1.54) is 13.3 Å². The van der Waals surface area contributed by atoms with Crippen molar-refractivity contribution in [3.63, 3.8) is 0 Å². The smallest absolute Gasteiger partial charge is 0.248 e. The molecule has 3 fully saturated rings. The number of benzene rings is 2. The fourth-order valence-electron chi connectivity index (χ4n) is 7.12. The molecule has 2 saturated heterocycles. The number of hydrogen-bond acceptors (Lipinski definition) is 7. The number of rotatable bonds is 11. The normalized spacial score (nSPS) is 21.3. The molecule has 45 heavy (non-hydrogen) atoms. The highest BCUT2D eigenvalue weighted by Gasteiger charge is 2.55. The molecule has 10 heteroatoms. The van der Waals surface area contributed by atoms with E-state index in [0.29, 0.717) is 55.4 Å². The van der Waals surface area contributed by atoms with Crippen LogP contribution in [0, 0.1) is 5.92 Å². The summed E-state index contributed by atoms with van der Waals surface area (Å²) < 4.78 is 11.5. The number of carbonyl (C=O) groups excluding carboxylic acids is 3. The van der Waals surface area contributed by atoms with Crippen molar-refractivity contribution in [1.82, 2.24) is 15.1 Å². The third-order valence-corrected chi connectivity index (χ3v) is 9.69. The van der Waals surface area contributed by atoms with Crippen molar-refractivity contribution in [3.8, 4) is 17.2 Å². The maximum absolute atomic E-state index is 13.9. The van der Waals surface area contributed by atoms with Crippen molar-refractivity contribution in [2.45, 2.75) is 95.9 Å². The molecule has 0 bridgehead atoms. The van der Waals surface area contributed by atoms with Crippen LogP contribution in [0.15, 0.2) is 42.5 Å². The van der Waals surface area contributed by atoms with Gasteiger partial charge in [0.25, 0.3) is 0 Å². The number of hydrogen-bond donors (Lipinski definition) is 3. The van der Waals surface area contributed by atoms with Gasteiger partial charge in [-0.05, 0) is 67.9 Å². The largest absolute Gasteiger partial charge is 0.493 e. The van der Waals surface area contributed by atoms with Crippen LogP contribution in [-0.4, -0.2) is 77.1 Å². The zero-order valence-electron chi connectivity index (χ0n) is 26.8. The molecule has 2 aromatic rings. The quantitative estimate of drug-likeness (QED) is 0.329. The lowest BCUT2D eigenvalue weighted by atomic mass is 9.78. The van der Waals surface area contributed by atoms with Gasteiger partial charge in [-0.1, -0.05) is 44.7 Å². The minimum Gasteiger partial charge on any atom is -0.493 e. The summed E-state index contributed by atoms with van der Waals surface area (Å²) in [5, 5.41) is 16.9. The SMILES string of the molecule is CCCCN1C(=O)[C@@H](C(O)C2CCCCC2)NC(=O)C12CCN(Cc1ccc(Oc3ccc(NC(C)=O)cc3OC)cc1)CC2. The highest BCUT2D eigenvalue weighted by atomic mass is 16.5. The van der Waals surface area contributed by atoms with Crippen molar-refractivity contribution in [2.75, 3.05) is 32.1 Å². The summed E-state index contributed by atoms with van der Waals surface area (Å²) in [7, 11) is 1.56. The summed E-state index contributed by atoms with van der Waals surface area (Å²) in [6.45, 7) is 6.19. The molecule has 3 N–H and O–H groups in total. The van der Waals surface area contributed by atoms with Gasteiger partial charge in [-0.3, -0.25) is 19.3 Å². The van der Waals surface area contributed by atoms with E-state index in [-0.39, 0.29) is 23.6 Å². The predicted molar refractivity (Wildman–Crippen MR) is 172 cm³/mol. The van der Waals surface area contributed by atoms with Crippen LogP contribution < -0.4 is 20.1 Å². The van der Waals surface area contributed by atoms with Gasteiger partial charge < -0.3 is 30.1 Å². The lowest BCUT2D eigenvalue weighted by Crippen LogP contribution is -2.75. The summed E-state index contributed by atoms with van der Waals surface area (Å²) in [6.07, 6.45) is 7.17. The molecule has 3 amide bonds. The van der Waals surface area contributed by atoms with E-state index in [1.807, 2.05) is 29.2 Å². The second-order valence-electron chi connectivity index (χ2n) is 12.8. The number of nitrogens with one attached hydrogen (secondary N) is 2. The number of aliphatic hydroxyl groups is 1. The number of methoxy groups -OCH3 is 1. The highest BCUT2D eigenvalue weighted by molar-refractivity contribution is 6.00. The average Bonchev–Trinajstić information content (AvgIpc) is 3.05. The second kappa shape index (κ2) is 14.6. The van der Waals surface area contributed by atoms with E-state index in [9.17, 15) is 19.5 Å². The van der Waals surface area contributed by atoms with Crippen LogP contribution in [0.3, 0.4) is 0 Å². The summed E-state index contributed by atoms with van der Waals surface area (Å²) in [5.41, 5.74) is 0.886. The van der Waals surface area contributed by atoms with Crippen molar-refractivity contribution >= 4 is 23.4 Å². The lowest BCUT2D eigenvalue weighted by molar-refractivity contribution is -0.166. The molecule has 3 aliphatic rings. The molecule has 244 valence electrons. The summed E-state index contributed by atoms with van der Waals surface area (Å²) in [6, 6.07) is 12.3. The number of nitrogens with zero attached hydrogens (tertiary/aromatic N) is 2. The molecule has 2 aliphatic heterocycles. The first kappa shape index (κ1) is 32.8. The van der Waals surface area contributed by atoms with Crippen LogP contribution in [0.25, 0.3) is 0 Å². The molecule has 10 nitrogen and oxygen atoms in total. The van der Waals surface area contributed by atoms with Crippen molar-refractivity contribution in [1.29, 1.82) is 0 Å². The number of unbranched alkanes of at least 4 members (excludes halogenated alkanes) is 1. The van der Waals surface area contributed by atoms with E-state index in [0.717, 1.165) is 50.6 Å². The number of piperazine rings is 1. The first-order valence-corrected chi connectivity index (χ1v) is 16.5. The molecular formula is C35H48N4O6. The van der Waals surface area contributed by atoms with Crippen LogP contribution in [0.5, 0.6) is 17.2 Å². The Kier molecular flexibility index (Phi) is 10.7. The molecule has 2 aromatic carbocycles. The number of anilines is 1. The molecule has 0 radical (unpaired) electrons. The molecule has 2 heterocycles. The number of likely N-dealkylation sites (tertiary alicyclic amines) is 1. The molecule has 2 atom stereocenters. The van der Waals surface area contributed by atoms with Crippen LogP contribution in [-0.2, 0) is 20.9 Å². The minimum atomic E-state index is -0.863. The minimum absolute atomic E-state index is 0.0614. The Hall–Kier alpha value is -3.63. The number of ether oxygens (including phenoxy) is 2. The number of carbonyl (C=O) groups is 3. The van der Waals surface area contributed by atoms with Gasteiger partial charge in [-0.25, -0.2) is 0 Å². The van der Waals surface area contributed by atoms with Gasteiger partial charge in [0, 0.05) is 44.9 Å². The second-order valence-corrected chi connectivity index (χ2v) is 12.8. The molecule has 1 aliphatic carbocycles. The van der Waals surface area contributed by atoms with Crippen molar-refractivity contribution < 1.29 is 29.0 Å². The van der Waals surface area contributed by atoms with Gasteiger partial charge in [0.05, 0.1) is 13.2 Å². The van der Waals surface area contributed by atoms with E-state index in [1.54, 1.807) is 25.3 Å². The van der Waals surface area contributed by atoms with Gasteiger partial charge >= 0.3 is 0 Å². The molecule has 1 unspecified atom stereocenters. The maximum atomic E-state index is 13.9. The molecular weight excluding hydrogens is 572 g/mol. The molecule has 5 rings (SSSR count).